The molecule has 0 aromatic carbocycles. The smallest absolute Gasteiger partial charge is 1.00 e. The molecule has 0 aliphatic rings. The van der Waals surface area contributed by atoms with Crippen molar-refractivity contribution < 1.29 is 33.5 Å². The fourth-order valence-electron chi connectivity index (χ4n) is 0. The van der Waals surface area contributed by atoms with Gasteiger partial charge in [-0.25, -0.2) is 0 Å². The number of hydrogen-bond acceptors (Lipinski definition) is 4. The Kier molecular flexibility index (Phi) is 24.1. The molecular formula is H7Ca2NO7S. The van der Waals surface area contributed by atoms with Crippen LogP contribution in [0.4, 0.5) is 0 Å². The molecule has 0 bridgehead atoms. The molecule has 0 saturated heterocycles. The van der Waals surface area contributed by atoms with Crippen molar-refractivity contribution in [2.24, 2.45) is 0 Å². The maximum absolute atomic E-state index is 8.74. The van der Waals surface area contributed by atoms with Crippen LogP contribution in [0.5, 0.6) is 0 Å². The van der Waals surface area contributed by atoms with Gasteiger partial charge in [-0.2, -0.15) is 8.42 Å². The fraction of sp³-hybridized carbons (Fsp3) is 0. The van der Waals surface area contributed by atoms with Crippen molar-refractivity contribution >= 4 is 85.9 Å². The molecule has 11 heteroatoms. The molecule has 0 heterocycles. The predicted molar refractivity (Wildman–Crippen MR) is 38.9 cm³/mol. The predicted octanol–water partition coefficient (Wildman–Crippen LogP) is -1.31. The van der Waals surface area contributed by atoms with Crippen molar-refractivity contribution in [1.82, 2.24) is 0 Å². The minimum absolute atomic E-state index is 0. The van der Waals surface area contributed by atoms with Crippen molar-refractivity contribution in [1.29, 1.82) is 0 Å². The van der Waals surface area contributed by atoms with Gasteiger partial charge in [-0.15, -0.1) is 10.1 Å². The molecule has 3 N–H and O–H groups in total. The summed E-state index contributed by atoms with van der Waals surface area (Å²) in [5.41, 5.74) is 0. The quantitative estimate of drug-likeness (QED) is 0.208. The van der Waals surface area contributed by atoms with E-state index < -0.39 is 15.5 Å². The van der Waals surface area contributed by atoms with Crippen LogP contribution in [0.25, 0.3) is 0 Å². The maximum atomic E-state index is 8.74. The summed E-state index contributed by atoms with van der Waals surface area (Å²) in [6.45, 7) is 0. The summed E-state index contributed by atoms with van der Waals surface area (Å²) in [5.74, 6) is 0. The molecule has 11 heavy (non-hydrogen) atoms. The van der Waals surface area contributed by atoms with Crippen LogP contribution in [0, 0.1) is 10.1 Å². The molecule has 0 unspecified atom stereocenters. The monoisotopic (exact) mass is 245 g/mol. The Bertz CT molecular complexity index is 171. The van der Waals surface area contributed by atoms with Crippen LogP contribution >= 0.6 is 0 Å². The third-order valence-electron chi connectivity index (χ3n) is 0. The standard InChI is InChI=1S/2Ca.HNO3.H2O4S.4H/c;;2-1(3)4;1-5(2,3)4;;;;/h;;(H,2,3,4);(H2,1,2,3,4);;;;/q2*+2;;;4*-1. The van der Waals surface area contributed by atoms with E-state index in [2.05, 4.69) is 0 Å². The molecule has 0 aliphatic carbocycles. The molecule has 64 valence electrons. The first-order valence-corrected chi connectivity index (χ1v) is 2.66. The van der Waals surface area contributed by atoms with Crippen molar-refractivity contribution in [3.05, 3.63) is 10.1 Å². The largest absolute Gasteiger partial charge is 2.00 e. The molecule has 0 amide bonds. The Hall–Kier alpha value is 1.59. The van der Waals surface area contributed by atoms with Gasteiger partial charge in [-0.3, -0.25) is 9.11 Å². The zero-order valence-electron chi connectivity index (χ0n) is 9.24. The number of rotatable bonds is 0. The van der Waals surface area contributed by atoms with Gasteiger partial charge in [0, 0.05) is 0 Å². The van der Waals surface area contributed by atoms with Gasteiger partial charge < -0.3 is 10.9 Å². The summed E-state index contributed by atoms with van der Waals surface area (Å²) >= 11 is 0. The SMILES string of the molecule is O=S(=O)(O)O.O=[N+]([O-])O.[Ca+2].[Ca+2].[H-].[H-].[H-].[H-]. The Morgan fingerprint density at radius 1 is 1.27 bits per heavy atom. The maximum Gasteiger partial charge on any atom is 2.00 e. The zero-order valence-corrected chi connectivity index (χ0v) is 10.5. The van der Waals surface area contributed by atoms with Crippen LogP contribution in [0.2, 0.25) is 0 Å². The summed E-state index contributed by atoms with van der Waals surface area (Å²) in [7, 11) is -4.67. The van der Waals surface area contributed by atoms with Gasteiger partial charge in [0.1, 0.15) is 0 Å². The normalized spacial score (nSPS) is 7.45. The van der Waals surface area contributed by atoms with Gasteiger partial charge in [0.2, 0.25) is 0 Å². The van der Waals surface area contributed by atoms with E-state index in [0.717, 1.165) is 0 Å². The first kappa shape index (κ1) is 22.9. The topological polar surface area (TPSA) is 138 Å². The van der Waals surface area contributed by atoms with Crippen LogP contribution in [0.3, 0.4) is 0 Å². The summed E-state index contributed by atoms with van der Waals surface area (Å²) in [6.07, 6.45) is 0. The van der Waals surface area contributed by atoms with Crippen LogP contribution in [0.1, 0.15) is 5.71 Å². The summed E-state index contributed by atoms with van der Waals surface area (Å²) in [6, 6.07) is 0. The molecule has 0 atom stereocenters. The first-order chi connectivity index (χ1) is 3.73. The molecule has 0 fully saturated rings. The van der Waals surface area contributed by atoms with Crippen LogP contribution in [0.15, 0.2) is 0 Å². The third-order valence-corrected chi connectivity index (χ3v) is 0. The van der Waals surface area contributed by atoms with E-state index in [1.807, 2.05) is 0 Å². The number of hydrogen-bond donors (Lipinski definition) is 3. The second-order valence-electron chi connectivity index (χ2n) is 0.686. The Morgan fingerprint density at radius 3 is 1.27 bits per heavy atom. The molecule has 0 saturated carbocycles. The Balaban J connectivity index is -0.00000000785. The van der Waals surface area contributed by atoms with Crippen molar-refractivity contribution in [3.63, 3.8) is 0 Å². The zero-order chi connectivity index (χ0) is 8.08. The van der Waals surface area contributed by atoms with E-state index in [1.54, 1.807) is 0 Å². The molecule has 0 aromatic heterocycles. The molecule has 0 aromatic rings. The van der Waals surface area contributed by atoms with Gasteiger partial charge in [-0.05, 0) is 0 Å². The first-order valence-electron chi connectivity index (χ1n) is 1.26. The van der Waals surface area contributed by atoms with Crippen LogP contribution < -0.4 is 0 Å². The van der Waals surface area contributed by atoms with Gasteiger partial charge in [-0.1, -0.05) is 0 Å². The van der Waals surface area contributed by atoms with Gasteiger partial charge in [0.05, 0.1) is 0 Å². The second kappa shape index (κ2) is 11.6. The van der Waals surface area contributed by atoms with Crippen molar-refractivity contribution in [3.8, 4) is 0 Å². The summed E-state index contributed by atoms with van der Waals surface area (Å²) in [4.78, 5) is 8.36. The van der Waals surface area contributed by atoms with E-state index in [9.17, 15) is 0 Å². The van der Waals surface area contributed by atoms with E-state index in [0.29, 0.717) is 0 Å². The average Bonchev–Trinajstić information content (AvgIpc) is 1.19. The Labute approximate surface area is 128 Å². The molecule has 0 spiro atoms. The van der Waals surface area contributed by atoms with Gasteiger partial charge in [0.25, 0.3) is 5.09 Å². The molecule has 0 rings (SSSR count). The molecule has 0 radical (unpaired) electrons. The van der Waals surface area contributed by atoms with Gasteiger partial charge >= 0.3 is 85.9 Å². The summed E-state index contributed by atoms with van der Waals surface area (Å²) < 4.78 is 31.6. The van der Waals surface area contributed by atoms with E-state index in [4.69, 9.17) is 32.8 Å². The molecule has 0 aliphatic heterocycles. The Morgan fingerprint density at radius 2 is 1.27 bits per heavy atom. The fourth-order valence-corrected chi connectivity index (χ4v) is 0. The van der Waals surface area contributed by atoms with Gasteiger partial charge in [0.15, 0.2) is 0 Å². The van der Waals surface area contributed by atoms with Crippen LogP contribution in [-0.4, -0.2) is 103 Å². The van der Waals surface area contributed by atoms with E-state index >= 15 is 0 Å². The minimum Gasteiger partial charge on any atom is -1.00 e. The van der Waals surface area contributed by atoms with E-state index in [1.165, 1.54) is 0 Å². The van der Waals surface area contributed by atoms with E-state index in [-0.39, 0.29) is 81.2 Å². The third kappa shape index (κ3) is 422. The minimum atomic E-state index is -4.67. The number of nitrogens with zero attached hydrogens (tertiary/aromatic N) is 1. The average molecular weight is 245 g/mol. The van der Waals surface area contributed by atoms with Crippen molar-refractivity contribution in [2.45, 2.75) is 0 Å². The molecular weight excluding hydrogens is 238 g/mol. The van der Waals surface area contributed by atoms with Crippen molar-refractivity contribution in [2.75, 3.05) is 0 Å². The summed E-state index contributed by atoms with van der Waals surface area (Å²) in [5, 5.41) is 13.6. The van der Waals surface area contributed by atoms with Crippen LogP contribution in [-0.2, 0) is 10.4 Å². The second-order valence-corrected chi connectivity index (χ2v) is 1.58. The molecule has 8 nitrogen and oxygen atoms in total.